The van der Waals surface area contributed by atoms with Crippen molar-refractivity contribution in [1.82, 2.24) is 0 Å². The first kappa shape index (κ1) is 33.7. The van der Waals surface area contributed by atoms with Gasteiger partial charge in [-0.2, -0.15) is 0 Å². The fourth-order valence-corrected chi connectivity index (χ4v) is 11.4. The van der Waals surface area contributed by atoms with Crippen molar-refractivity contribution < 1.29 is 4.92 Å². The highest BCUT2D eigenvalue weighted by atomic mass is 16.6. The van der Waals surface area contributed by atoms with Crippen LogP contribution in [0.4, 0.5) is 39.8 Å². The molecule has 0 N–H and O–H groups in total. The lowest BCUT2D eigenvalue weighted by Crippen LogP contribution is -2.53. The summed E-state index contributed by atoms with van der Waals surface area (Å²) in [6.45, 7) is 8.43. The molecule has 0 unspecified atom stereocenters. The molecule has 6 aliphatic rings. The summed E-state index contributed by atoms with van der Waals surface area (Å²) in [7, 11) is 0. The molecule has 0 saturated heterocycles. The van der Waals surface area contributed by atoms with Gasteiger partial charge in [-0.3, -0.25) is 10.1 Å². The van der Waals surface area contributed by atoms with Gasteiger partial charge in [0.25, 0.3) is 5.69 Å². The van der Waals surface area contributed by atoms with Crippen molar-refractivity contribution in [3.63, 3.8) is 0 Å². The highest BCUT2D eigenvalue weighted by Gasteiger charge is 2.44. The van der Waals surface area contributed by atoms with Crippen LogP contribution >= 0.6 is 0 Å². The molecular formula is C51H41N7O2. The first-order valence-electron chi connectivity index (χ1n) is 21.0. The Kier molecular flexibility index (Phi) is 7.09. The molecule has 6 bridgehead atoms. The Balaban J connectivity index is 0.000000369. The number of fused-ring (bicyclic) bond motifs is 27. The van der Waals surface area contributed by atoms with Gasteiger partial charge in [-0.25, -0.2) is 0 Å². The maximum atomic E-state index is 10.0. The summed E-state index contributed by atoms with van der Waals surface area (Å²) in [5, 5.41) is 18.2. The van der Waals surface area contributed by atoms with Gasteiger partial charge in [0.15, 0.2) is 0 Å². The van der Waals surface area contributed by atoms with Gasteiger partial charge in [0.05, 0.1) is 42.0 Å². The zero-order valence-corrected chi connectivity index (χ0v) is 33.1. The van der Waals surface area contributed by atoms with E-state index >= 15 is 0 Å². The Labute approximate surface area is 347 Å². The number of rotatable bonds is 1. The second kappa shape index (κ2) is 12.6. The summed E-state index contributed by atoms with van der Waals surface area (Å²) in [4.78, 5) is 25.8. The summed E-state index contributed by atoms with van der Waals surface area (Å²) < 4.78 is 0. The molecule has 9 nitrogen and oxygen atoms in total. The quantitative estimate of drug-likeness (QED) is 0.120. The summed E-state index contributed by atoms with van der Waals surface area (Å²) >= 11 is 0. The molecule has 0 saturated carbocycles. The molecule has 60 heavy (non-hydrogen) atoms. The van der Waals surface area contributed by atoms with Crippen LogP contribution in [0.25, 0.3) is 32.3 Å². The van der Waals surface area contributed by atoms with Crippen LogP contribution in [0.15, 0.2) is 140 Å². The van der Waals surface area contributed by atoms with Crippen LogP contribution in [0.5, 0.6) is 0 Å². The van der Waals surface area contributed by atoms with Gasteiger partial charge < -0.3 is 29.4 Å². The lowest BCUT2D eigenvalue weighted by molar-refractivity contribution is -0.384. The molecule has 0 amide bonds. The molecule has 292 valence electrons. The molecule has 6 aliphatic heterocycles. The summed E-state index contributed by atoms with van der Waals surface area (Å²) in [6.07, 6.45) is 0. The van der Waals surface area contributed by atoms with Gasteiger partial charge in [0.1, 0.15) is 0 Å². The first-order chi connectivity index (χ1) is 29.6. The Bertz CT molecular complexity index is 2820. The van der Waals surface area contributed by atoms with Gasteiger partial charge in [-0.1, -0.05) is 109 Å². The van der Waals surface area contributed by atoms with Crippen LogP contribution in [-0.4, -0.2) is 24.9 Å². The van der Waals surface area contributed by atoms with E-state index in [0.717, 1.165) is 59.3 Å². The number of nitro benzene ring substituents is 1. The predicted molar refractivity (Wildman–Crippen MR) is 243 cm³/mol. The van der Waals surface area contributed by atoms with E-state index in [0.29, 0.717) is 0 Å². The van der Waals surface area contributed by atoms with E-state index in [1.54, 1.807) is 18.2 Å². The average Bonchev–Trinajstić information content (AvgIpc) is 3.29. The molecule has 8 aromatic carbocycles. The summed E-state index contributed by atoms with van der Waals surface area (Å²) in [5.74, 6) is 0. The zero-order chi connectivity index (χ0) is 39.6. The second-order valence-electron chi connectivity index (χ2n) is 17.0. The maximum absolute atomic E-state index is 10.0. The normalized spacial score (nSPS) is 16.3. The Morgan fingerprint density at radius 1 is 0.350 bits per heavy atom. The number of non-ortho nitro benzene ring substituents is 1. The number of benzene rings is 8. The Morgan fingerprint density at radius 2 is 0.667 bits per heavy atom. The zero-order valence-electron chi connectivity index (χ0n) is 33.1. The van der Waals surface area contributed by atoms with Gasteiger partial charge in [0, 0.05) is 102 Å². The molecule has 0 aliphatic carbocycles. The number of nitro groups is 1. The maximum Gasteiger partial charge on any atom is 0.269 e. The fourth-order valence-electron chi connectivity index (χ4n) is 11.4. The van der Waals surface area contributed by atoms with E-state index in [1.807, 2.05) is 0 Å². The smallest absolute Gasteiger partial charge is 0.269 e. The highest BCUT2D eigenvalue weighted by molar-refractivity contribution is 5.98. The lowest BCUT2D eigenvalue weighted by atomic mass is 9.85. The third-order valence-corrected chi connectivity index (χ3v) is 13.8. The van der Waals surface area contributed by atoms with Crippen LogP contribution in [0.2, 0.25) is 0 Å². The number of hydrogen-bond donors (Lipinski definition) is 0. The Morgan fingerprint density at radius 3 is 1.00 bits per heavy atom. The minimum absolute atomic E-state index is 0.137. The minimum Gasteiger partial charge on any atom is -0.349 e. The van der Waals surface area contributed by atoms with Crippen molar-refractivity contribution in [3.05, 3.63) is 183 Å². The number of hydrogen-bond acceptors (Lipinski definition) is 8. The fraction of sp³-hybridized carbons (Fsp3) is 0.176. The van der Waals surface area contributed by atoms with E-state index < -0.39 is 4.92 Å². The number of nitrogens with zero attached hydrogens (tertiary/aromatic N) is 7. The monoisotopic (exact) mass is 783 g/mol. The molecule has 9 heteroatoms. The van der Waals surface area contributed by atoms with Crippen LogP contribution in [-0.2, 0) is 39.3 Å². The van der Waals surface area contributed by atoms with Crippen molar-refractivity contribution in [3.8, 4) is 0 Å². The average molecular weight is 784 g/mol. The van der Waals surface area contributed by atoms with E-state index in [1.165, 1.54) is 112 Å². The topological polar surface area (TPSA) is 62.6 Å². The van der Waals surface area contributed by atoms with Crippen molar-refractivity contribution in [2.24, 2.45) is 0 Å². The van der Waals surface area contributed by atoms with Gasteiger partial charge in [-0.05, 0) is 50.5 Å². The molecule has 0 atom stereocenters. The molecule has 6 heterocycles. The second-order valence-corrected chi connectivity index (χ2v) is 17.0. The van der Waals surface area contributed by atoms with E-state index in [9.17, 15) is 10.1 Å². The molecule has 8 aromatic rings. The molecule has 0 fully saturated rings. The predicted octanol–water partition coefficient (Wildman–Crippen LogP) is 10.6. The third-order valence-electron chi connectivity index (χ3n) is 13.8. The Hall–Kier alpha value is -7.26. The molecule has 14 rings (SSSR count). The van der Waals surface area contributed by atoms with Crippen LogP contribution in [0.1, 0.15) is 33.4 Å². The largest absolute Gasteiger partial charge is 0.349 e. The van der Waals surface area contributed by atoms with E-state index in [-0.39, 0.29) is 5.69 Å². The van der Waals surface area contributed by atoms with Crippen molar-refractivity contribution >= 4 is 72.1 Å². The van der Waals surface area contributed by atoms with Gasteiger partial charge in [-0.15, -0.1) is 0 Å². The SMILES string of the molecule is O=[N+]([O-])c1ccccc1.c1ccc2c3c(ccc2c1)N1Cc2c(c4c(c5c2N2Cc6c(ccc7ccccc67)N(C5)C2)N2Cc5c(ccc6ccccc56)N(C4)C2)N(C3)C1. The van der Waals surface area contributed by atoms with Crippen LogP contribution in [0, 0.1) is 10.1 Å². The van der Waals surface area contributed by atoms with Crippen molar-refractivity contribution in [2.45, 2.75) is 39.3 Å². The molecule has 0 aromatic heterocycles. The van der Waals surface area contributed by atoms with E-state index in [4.69, 9.17) is 0 Å². The van der Waals surface area contributed by atoms with E-state index in [2.05, 4.69) is 139 Å². The molecular weight excluding hydrogens is 743 g/mol. The van der Waals surface area contributed by atoms with Crippen molar-refractivity contribution in [1.29, 1.82) is 0 Å². The summed E-state index contributed by atoms with van der Waals surface area (Å²) in [5.41, 5.74) is 17.8. The highest BCUT2D eigenvalue weighted by Crippen LogP contribution is 2.56. The lowest BCUT2D eigenvalue weighted by Gasteiger charge is -2.54. The summed E-state index contributed by atoms with van der Waals surface area (Å²) in [6, 6.07) is 49.0. The first-order valence-corrected chi connectivity index (χ1v) is 21.0. The number of para-hydroxylation sites is 1. The van der Waals surface area contributed by atoms with Crippen LogP contribution < -0.4 is 29.4 Å². The van der Waals surface area contributed by atoms with Gasteiger partial charge in [0.2, 0.25) is 0 Å². The van der Waals surface area contributed by atoms with Gasteiger partial charge >= 0.3 is 0 Å². The number of anilines is 6. The third kappa shape index (κ3) is 4.86. The van der Waals surface area contributed by atoms with Crippen molar-refractivity contribution in [2.75, 3.05) is 49.4 Å². The molecule has 0 spiro atoms. The molecule has 0 radical (unpaired) electrons. The minimum atomic E-state index is -0.417. The van der Waals surface area contributed by atoms with Crippen LogP contribution in [0.3, 0.4) is 0 Å². The standard InChI is InChI=1S/C45H36N6.C6H5NO2/c1-4-10-31-28(7-1)13-16-40-34(31)19-49-25-46(40)22-37-43(49)38-23-47-26-51(21-36-33-12-6-3-8-29(33)14-17-41(36)47)45(38)39-24-48-27-50(44(37)39)20-35-32-11-5-2-9-30(32)15-18-42(35)48;8-7(9)6-4-2-1-3-5-6/h1-18H,19-27H2;1-5H.